The lowest BCUT2D eigenvalue weighted by Gasteiger charge is -2.36. The van der Waals surface area contributed by atoms with Crippen LogP contribution in [0, 0.1) is 0 Å². The van der Waals surface area contributed by atoms with Crippen LogP contribution in [0.25, 0.3) is 6.08 Å². The van der Waals surface area contributed by atoms with E-state index in [0.717, 1.165) is 12.8 Å². The van der Waals surface area contributed by atoms with E-state index < -0.39 is 17.9 Å². The first-order valence-corrected chi connectivity index (χ1v) is 9.82. The van der Waals surface area contributed by atoms with Crippen molar-refractivity contribution in [2.45, 2.75) is 31.4 Å². The molecule has 2 N–H and O–H groups in total. The van der Waals surface area contributed by atoms with Gasteiger partial charge in [-0.1, -0.05) is 0 Å². The normalized spacial score (nSPS) is 21.8. The highest BCUT2D eigenvalue weighted by Crippen LogP contribution is 2.14. The SMILES string of the molecule is O=C(/C=C/c1ccco1)NC(=S)N1CCNC(=O)[C@@H]1CC(=O)OC[C@@H]1CCCO1. The minimum atomic E-state index is -0.845. The van der Waals surface area contributed by atoms with Crippen molar-refractivity contribution in [3.05, 3.63) is 30.2 Å². The van der Waals surface area contributed by atoms with Gasteiger partial charge in [0, 0.05) is 25.8 Å². The molecular weight excluding hydrogens is 398 g/mol. The van der Waals surface area contributed by atoms with Gasteiger partial charge in [0.1, 0.15) is 18.4 Å². The molecule has 2 aliphatic heterocycles. The second kappa shape index (κ2) is 10.2. The zero-order valence-electron chi connectivity index (χ0n) is 15.8. The fourth-order valence-corrected chi connectivity index (χ4v) is 3.42. The Balaban J connectivity index is 1.53. The average molecular weight is 421 g/mol. The number of furan rings is 1. The molecule has 2 atom stereocenters. The van der Waals surface area contributed by atoms with E-state index in [-0.39, 0.29) is 30.2 Å². The van der Waals surface area contributed by atoms with E-state index in [4.69, 9.17) is 26.1 Å². The van der Waals surface area contributed by atoms with Crippen LogP contribution < -0.4 is 10.6 Å². The molecule has 0 radical (unpaired) electrons. The van der Waals surface area contributed by atoms with Crippen LogP contribution in [0.3, 0.4) is 0 Å². The molecule has 3 rings (SSSR count). The monoisotopic (exact) mass is 421 g/mol. The Kier molecular flexibility index (Phi) is 7.36. The molecule has 0 bridgehead atoms. The van der Waals surface area contributed by atoms with E-state index in [9.17, 15) is 14.4 Å². The average Bonchev–Trinajstić information content (AvgIpc) is 3.40. The van der Waals surface area contributed by atoms with Gasteiger partial charge in [-0.2, -0.15) is 0 Å². The van der Waals surface area contributed by atoms with Gasteiger partial charge in [0.05, 0.1) is 18.8 Å². The predicted octanol–water partition coefficient (Wildman–Crippen LogP) is 0.607. The Hall–Kier alpha value is -2.72. The summed E-state index contributed by atoms with van der Waals surface area (Å²) in [5, 5.41) is 5.33. The molecule has 0 unspecified atom stereocenters. The first kappa shape index (κ1) is 21.0. The number of carbonyl (C=O) groups is 3. The molecule has 2 amide bonds. The molecule has 9 nitrogen and oxygen atoms in total. The van der Waals surface area contributed by atoms with Gasteiger partial charge in [0.15, 0.2) is 5.11 Å². The number of nitrogens with one attached hydrogen (secondary N) is 2. The van der Waals surface area contributed by atoms with Crippen molar-refractivity contribution in [3.63, 3.8) is 0 Å². The third-order valence-corrected chi connectivity index (χ3v) is 4.91. The lowest BCUT2D eigenvalue weighted by atomic mass is 10.1. The summed E-state index contributed by atoms with van der Waals surface area (Å²) in [6.07, 6.45) is 5.82. The lowest BCUT2D eigenvalue weighted by molar-refractivity contribution is -0.150. The third kappa shape index (κ3) is 6.13. The summed E-state index contributed by atoms with van der Waals surface area (Å²) in [6, 6.07) is 2.56. The van der Waals surface area contributed by atoms with Crippen LogP contribution >= 0.6 is 12.2 Å². The minimum absolute atomic E-state index is 0.0749. The fourth-order valence-electron chi connectivity index (χ4n) is 3.10. The van der Waals surface area contributed by atoms with Gasteiger partial charge in [-0.05, 0) is 43.3 Å². The molecule has 0 aliphatic carbocycles. The van der Waals surface area contributed by atoms with Crippen LogP contribution in [-0.4, -0.2) is 66.2 Å². The number of esters is 1. The first-order chi connectivity index (χ1) is 14.0. The minimum Gasteiger partial charge on any atom is -0.465 e. The Morgan fingerprint density at radius 2 is 2.31 bits per heavy atom. The lowest BCUT2D eigenvalue weighted by Crippen LogP contribution is -2.60. The summed E-state index contributed by atoms with van der Waals surface area (Å²) in [4.78, 5) is 38.1. The zero-order chi connectivity index (χ0) is 20.6. The highest BCUT2D eigenvalue weighted by molar-refractivity contribution is 7.80. The van der Waals surface area contributed by atoms with E-state index in [0.29, 0.717) is 25.5 Å². The van der Waals surface area contributed by atoms with E-state index in [1.165, 1.54) is 23.3 Å². The van der Waals surface area contributed by atoms with Crippen molar-refractivity contribution in [2.75, 3.05) is 26.3 Å². The molecular formula is C19H23N3O6S. The molecule has 2 fully saturated rings. The van der Waals surface area contributed by atoms with Crippen LogP contribution in [0.2, 0.25) is 0 Å². The maximum atomic E-state index is 12.3. The summed E-state index contributed by atoms with van der Waals surface area (Å²) in [5.41, 5.74) is 0. The molecule has 1 aromatic rings. The Morgan fingerprint density at radius 3 is 3.03 bits per heavy atom. The van der Waals surface area contributed by atoms with Crippen LogP contribution in [0.5, 0.6) is 0 Å². The van der Waals surface area contributed by atoms with Gasteiger partial charge in [-0.15, -0.1) is 0 Å². The number of hydrogen-bond acceptors (Lipinski definition) is 7. The number of ether oxygens (including phenoxy) is 2. The van der Waals surface area contributed by atoms with Crippen molar-refractivity contribution >= 4 is 41.2 Å². The van der Waals surface area contributed by atoms with Gasteiger partial charge >= 0.3 is 5.97 Å². The number of thiocarbonyl (C=S) groups is 1. The quantitative estimate of drug-likeness (QED) is 0.391. The summed E-state index contributed by atoms with van der Waals surface area (Å²) >= 11 is 5.28. The first-order valence-electron chi connectivity index (χ1n) is 9.41. The zero-order valence-corrected chi connectivity index (χ0v) is 16.6. The standard InChI is InChI=1S/C19H23N3O6S/c23-16(6-5-13-3-1-9-26-13)21-19(29)22-8-7-20-18(25)15(22)11-17(24)28-12-14-4-2-10-27-14/h1,3,5-6,9,14-15H,2,4,7-8,10-12H2,(H,20,25)(H,21,23,29)/b6-5+/t14-,15-/m0/s1. The number of piperazine rings is 1. The summed E-state index contributed by atoms with van der Waals surface area (Å²) < 4.78 is 15.8. The van der Waals surface area contributed by atoms with Gasteiger partial charge < -0.3 is 24.1 Å². The van der Waals surface area contributed by atoms with E-state index in [1.54, 1.807) is 12.1 Å². The molecule has 2 saturated heterocycles. The summed E-state index contributed by atoms with van der Waals surface area (Å²) in [6.45, 7) is 1.57. The van der Waals surface area contributed by atoms with E-state index >= 15 is 0 Å². The van der Waals surface area contributed by atoms with Crippen LogP contribution in [0.4, 0.5) is 0 Å². The topological polar surface area (TPSA) is 110 Å². The third-order valence-electron chi connectivity index (χ3n) is 4.58. The van der Waals surface area contributed by atoms with Crippen LogP contribution in [0.15, 0.2) is 28.9 Å². The van der Waals surface area contributed by atoms with Gasteiger partial charge in [-0.25, -0.2) is 0 Å². The van der Waals surface area contributed by atoms with Crippen molar-refractivity contribution in [2.24, 2.45) is 0 Å². The highest BCUT2D eigenvalue weighted by atomic mass is 32.1. The molecule has 0 saturated carbocycles. The molecule has 0 aromatic carbocycles. The van der Waals surface area contributed by atoms with Crippen molar-refractivity contribution < 1.29 is 28.3 Å². The Bertz CT molecular complexity index is 773. The number of carbonyl (C=O) groups excluding carboxylic acids is 3. The van der Waals surface area contributed by atoms with Gasteiger partial charge in [-0.3, -0.25) is 19.7 Å². The highest BCUT2D eigenvalue weighted by Gasteiger charge is 2.34. The number of hydrogen-bond donors (Lipinski definition) is 2. The van der Waals surface area contributed by atoms with Crippen LogP contribution in [-0.2, 0) is 23.9 Å². The Morgan fingerprint density at radius 1 is 1.45 bits per heavy atom. The van der Waals surface area contributed by atoms with E-state index in [2.05, 4.69) is 10.6 Å². The fraction of sp³-hybridized carbons (Fsp3) is 0.474. The molecule has 1 aromatic heterocycles. The number of nitrogens with zero attached hydrogens (tertiary/aromatic N) is 1. The second-order valence-corrected chi connectivity index (χ2v) is 7.05. The van der Waals surface area contributed by atoms with E-state index in [1.807, 2.05) is 0 Å². The second-order valence-electron chi connectivity index (χ2n) is 6.67. The van der Waals surface area contributed by atoms with Crippen LogP contribution in [0.1, 0.15) is 25.0 Å². The van der Waals surface area contributed by atoms with Crippen molar-refractivity contribution in [1.29, 1.82) is 0 Å². The summed E-state index contributed by atoms with van der Waals surface area (Å²) in [7, 11) is 0. The van der Waals surface area contributed by atoms with Gasteiger partial charge in [0.2, 0.25) is 11.8 Å². The van der Waals surface area contributed by atoms with Gasteiger partial charge in [0.25, 0.3) is 0 Å². The predicted molar refractivity (Wildman–Crippen MR) is 107 cm³/mol. The smallest absolute Gasteiger partial charge is 0.308 e. The summed E-state index contributed by atoms with van der Waals surface area (Å²) in [5.74, 6) is -0.792. The molecule has 0 spiro atoms. The number of rotatable bonds is 6. The largest absolute Gasteiger partial charge is 0.465 e. The maximum absolute atomic E-state index is 12.3. The molecule has 2 aliphatic rings. The van der Waals surface area contributed by atoms with Crippen molar-refractivity contribution in [3.8, 4) is 0 Å². The maximum Gasteiger partial charge on any atom is 0.308 e. The number of amides is 2. The Labute approximate surface area is 173 Å². The van der Waals surface area contributed by atoms with Crippen molar-refractivity contribution in [1.82, 2.24) is 15.5 Å². The molecule has 10 heteroatoms. The molecule has 3 heterocycles. The molecule has 29 heavy (non-hydrogen) atoms. The molecule has 156 valence electrons.